The Morgan fingerprint density at radius 3 is 2.74 bits per heavy atom. The van der Waals surface area contributed by atoms with E-state index in [0.717, 1.165) is 10.0 Å². The van der Waals surface area contributed by atoms with E-state index in [1.807, 2.05) is 30.3 Å². The second-order valence-corrected chi connectivity index (χ2v) is 4.67. The molecule has 0 fully saturated rings. The monoisotopic (exact) mass is 315 g/mol. The molecular weight excluding hydrogens is 306 g/mol. The lowest BCUT2D eigenvalue weighted by Gasteiger charge is -2.06. The SMILES string of the molecule is N#Cc1ccc(C(=O)NCc2ccccc2Br)cn1. The molecular formula is C14H10BrN3O. The van der Waals surface area contributed by atoms with Gasteiger partial charge in [0.1, 0.15) is 11.8 Å². The minimum atomic E-state index is -0.215. The molecule has 2 rings (SSSR count). The molecule has 1 aromatic heterocycles. The fourth-order valence-corrected chi connectivity index (χ4v) is 1.94. The number of aromatic nitrogens is 1. The van der Waals surface area contributed by atoms with Crippen molar-refractivity contribution >= 4 is 21.8 Å². The summed E-state index contributed by atoms with van der Waals surface area (Å²) in [6.45, 7) is 0.431. The number of amides is 1. The highest BCUT2D eigenvalue weighted by molar-refractivity contribution is 9.10. The third-order valence-electron chi connectivity index (χ3n) is 2.54. The second-order valence-electron chi connectivity index (χ2n) is 3.82. The predicted molar refractivity (Wildman–Crippen MR) is 74.3 cm³/mol. The lowest BCUT2D eigenvalue weighted by Crippen LogP contribution is -2.23. The van der Waals surface area contributed by atoms with Crippen LogP contribution in [0.25, 0.3) is 0 Å². The molecule has 1 heterocycles. The van der Waals surface area contributed by atoms with Crippen LogP contribution in [0.5, 0.6) is 0 Å². The Kier molecular flexibility index (Phi) is 4.26. The van der Waals surface area contributed by atoms with Crippen molar-refractivity contribution in [2.45, 2.75) is 6.54 Å². The van der Waals surface area contributed by atoms with Crippen LogP contribution >= 0.6 is 15.9 Å². The quantitative estimate of drug-likeness (QED) is 0.946. The standard InChI is InChI=1S/C14H10BrN3O/c15-13-4-2-1-3-10(13)8-18-14(19)11-5-6-12(7-16)17-9-11/h1-6,9H,8H2,(H,18,19). The average molecular weight is 316 g/mol. The largest absolute Gasteiger partial charge is 0.348 e. The van der Waals surface area contributed by atoms with E-state index in [1.54, 1.807) is 6.07 Å². The van der Waals surface area contributed by atoms with Gasteiger partial charge in [0, 0.05) is 17.2 Å². The van der Waals surface area contributed by atoms with Crippen molar-refractivity contribution < 1.29 is 4.79 Å². The molecule has 1 aromatic carbocycles. The summed E-state index contributed by atoms with van der Waals surface area (Å²) in [5.74, 6) is -0.215. The zero-order valence-corrected chi connectivity index (χ0v) is 11.5. The van der Waals surface area contributed by atoms with Crippen molar-refractivity contribution in [2.75, 3.05) is 0 Å². The number of nitriles is 1. The topological polar surface area (TPSA) is 65.8 Å². The van der Waals surface area contributed by atoms with E-state index in [-0.39, 0.29) is 5.91 Å². The molecule has 1 amide bonds. The molecule has 1 N–H and O–H groups in total. The summed E-state index contributed by atoms with van der Waals surface area (Å²) in [4.78, 5) is 15.7. The fraction of sp³-hybridized carbons (Fsp3) is 0.0714. The molecule has 0 saturated heterocycles. The molecule has 0 saturated carbocycles. The first kappa shape index (κ1) is 13.2. The number of carbonyl (C=O) groups is 1. The van der Waals surface area contributed by atoms with E-state index < -0.39 is 0 Å². The molecule has 0 spiro atoms. The molecule has 0 unspecified atom stereocenters. The first-order valence-corrected chi connectivity index (χ1v) is 6.38. The number of hydrogen-bond acceptors (Lipinski definition) is 3. The summed E-state index contributed by atoms with van der Waals surface area (Å²) < 4.78 is 0.952. The van der Waals surface area contributed by atoms with E-state index in [1.165, 1.54) is 12.3 Å². The van der Waals surface area contributed by atoms with Crippen LogP contribution in [0.15, 0.2) is 47.1 Å². The molecule has 19 heavy (non-hydrogen) atoms. The van der Waals surface area contributed by atoms with Gasteiger partial charge in [-0.15, -0.1) is 0 Å². The second kappa shape index (κ2) is 6.12. The van der Waals surface area contributed by atoms with Crippen molar-refractivity contribution in [3.8, 4) is 6.07 Å². The molecule has 0 bridgehead atoms. The Labute approximate surface area is 119 Å². The van der Waals surface area contributed by atoms with Crippen molar-refractivity contribution in [1.29, 1.82) is 5.26 Å². The Bertz CT molecular complexity index is 632. The van der Waals surface area contributed by atoms with Crippen LogP contribution in [0.4, 0.5) is 0 Å². The van der Waals surface area contributed by atoms with Gasteiger partial charge in [0.15, 0.2) is 0 Å². The summed E-state index contributed by atoms with van der Waals surface area (Å²) in [5.41, 5.74) is 1.73. The normalized spacial score (nSPS) is 9.68. The van der Waals surface area contributed by atoms with Crippen molar-refractivity contribution in [3.63, 3.8) is 0 Å². The number of carbonyl (C=O) groups excluding carboxylic acids is 1. The van der Waals surface area contributed by atoms with Crippen molar-refractivity contribution in [2.24, 2.45) is 0 Å². The van der Waals surface area contributed by atoms with Gasteiger partial charge >= 0.3 is 0 Å². The van der Waals surface area contributed by atoms with Gasteiger partial charge < -0.3 is 5.32 Å². The lowest BCUT2D eigenvalue weighted by atomic mass is 10.2. The maximum absolute atomic E-state index is 11.9. The van der Waals surface area contributed by atoms with Crippen LogP contribution < -0.4 is 5.32 Å². The Hall–Kier alpha value is -2.19. The number of nitrogens with one attached hydrogen (secondary N) is 1. The lowest BCUT2D eigenvalue weighted by molar-refractivity contribution is 0.0950. The van der Waals surface area contributed by atoms with Gasteiger partial charge in [0.25, 0.3) is 5.91 Å². The third kappa shape index (κ3) is 3.39. The fourth-order valence-electron chi connectivity index (χ4n) is 1.51. The smallest absolute Gasteiger partial charge is 0.253 e. The van der Waals surface area contributed by atoms with Gasteiger partial charge in [0.05, 0.1) is 5.56 Å². The Morgan fingerprint density at radius 1 is 1.32 bits per heavy atom. The summed E-state index contributed by atoms with van der Waals surface area (Å²) in [7, 11) is 0. The van der Waals surface area contributed by atoms with Crippen LogP contribution in [0, 0.1) is 11.3 Å². The molecule has 0 atom stereocenters. The highest BCUT2D eigenvalue weighted by Gasteiger charge is 2.06. The van der Waals surface area contributed by atoms with E-state index >= 15 is 0 Å². The Balaban J connectivity index is 2.02. The number of nitrogens with zero attached hydrogens (tertiary/aromatic N) is 2. The maximum Gasteiger partial charge on any atom is 0.253 e. The van der Waals surface area contributed by atoms with Crippen LogP contribution in [-0.4, -0.2) is 10.9 Å². The van der Waals surface area contributed by atoms with Gasteiger partial charge in [0.2, 0.25) is 0 Å². The maximum atomic E-state index is 11.9. The molecule has 0 radical (unpaired) electrons. The third-order valence-corrected chi connectivity index (χ3v) is 3.31. The van der Waals surface area contributed by atoms with Gasteiger partial charge in [-0.2, -0.15) is 5.26 Å². The van der Waals surface area contributed by atoms with E-state index in [0.29, 0.717) is 17.8 Å². The summed E-state index contributed by atoms with van der Waals surface area (Å²) in [6.07, 6.45) is 1.40. The van der Waals surface area contributed by atoms with Crippen LogP contribution in [0.3, 0.4) is 0 Å². The molecule has 4 nitrogen and oxygen atoms in total. The molecule has 2 aromatic rings. The molecule has 94 valence electrons. The molecule has 0 aliphatic carbocycles. The zero-order chi connectivity index (χ0) is 13.7. The van der Waals surface area contributed by atoms with Crippen LogP contribution in [0.1, 0.15) is 21.6 Å². The van der Waals surface area contributed by atoms with E-state index in [4.69, 9.17) is 5.26 Å². The van der Waals surface area contributed by atoms with Crippen LogP contribution in [0.2, 0.25) is 0 Å². The summed E-state index contributed by atoms with van der Waals surface area (Å²) in [5, 5.41) is 11.4. The highest BCUT2D eigenvalue weighted by Crippen LogP contribution is 2.15. The van der Waals surface area contributed by atoms with Crippen molar-refractivity contribution in [1.82, 2.24) is 10.3 Å². The average Bonchev–Trinajstić information content (AvgIpc) is 2.46. The van der Waals surface area contributed by atoms with Gasteiger partial charge in [-0.1, -0.05) is 34.1 Å². The minimum absolute atomic E-state index is 0.215. The first-order chi connectivity index (χ1) is 9.20. The number of pyridine rings is 1. The van der Waals surface area contributed by atoms with Crippen molar-refractivity contribution in [3.05, 3.63) is 63.9 Å². The van der Waals surface area contributed by atoms with Crippen LogP contribution in [-0.2, 0) is 6.54 Å². The van der Waals surface area contributed by atoms with Gasteiger partial charge in [-0.3, -0.25) is 4.79 Å². The summed E-state index contributed by atoms with van der Waals surface area (Å²) in [6, 6.07) is 12.7. The number of halogens is 1. The predicted octanol–water partition coefficient (Wildman–Crippen LogP) is 2.65. The minimum Gasteiger partial charge on any atom is -0.348 e. The van der Waals surface area contributed by atoms with Gasteiger partial charge in [-0.05, 0) is 23.8 Å². The first-order valence-electron chi connectivity index (χ1n) is 5.58. The Morgan fingerprint density at radius 2 is 2.11 bits per heavy atom. The van der Waals surface area contributed by atoms with E-state index in [2.05, 4.69) is 26.2 Å². The van der Waals surface area contributed by atoms with Gasteiger partial charge in [-0.25, -0.2) is 4.98 Å². The zero-order valence-electron chi connectivity index (χ0n) is 9.93. The summed E-state index contributed by atoms with van der Waals surface area (Å²) >= 11 is 3.42. The number of hydrogen-bond donors (Lipinski definition) is 1. The number of benzene rings is 1. The van der Waals surface area contributed by atoms with E-state index in [9.17, 15) is 4.79 Å². The molecule has 5 heteroatoms. The number of rotatable bonds is 3. The molecule has 0 aliphatic heterocycles. The molecule has 0 aliphatic rings. The highest BCUT2D eigenvalue weighted by atomic mass is 79.9.